The Morgan fingerprint density at radius 3 is 2.68 bits per heavy atom. The third-order valence-corrected chi connectivity index (χ3v) is 5.95. The molecule has 6 nitrogen and oxygen atoms in total. The molecule has 0 saturated carbocycles. The summed E-state index contributed by atoms with van der Waals surface area (Å²) < 4.78 is 33.2. The summed E-state index contributed by atoms with van der Waals surface area (Å²) in [5, 5.41) is 0.249. The molecule has 0 amide bonds. The summed E-state index contributed by atoms with van der Waals surface area (Å²) in [6, 6.07) is 2.83. The van der Waals surface area contributed by atoms with Crippen molar-refractivity contribution in [1.29, 1.82) is 0 Å². The number of sulfonamides is 1. The van der Waals surface area contributed by atoms with E-state index >= 15 is 0 Å². The number of benzene rings is 1. The zero-order valence-corrected chi connectivity index (χ0v) is 16.5. The van der Waals surface area contributed by atoms with E-state index in [-0.39, 0.29) is 26.5 Å². The summed E-state index contributed by atoms with van der Waals surface area (Å²) in [4.78, 5) is 8.05. The summed E-state index contributed by atoms with van der Waals surface area (Å²) in [6.07, 6.45) is 1.34. The van der Waals surface area contributed by atoms with Crippen molar-refractivity contribution in [3.63, 3.8) is 0 Å². The fourth-order valence-corrected chi connectivity index (χ4v) is 4.40. The number of ether oxygens (including phenoxy) is 1. The van der Waals surface area contributed by atoms with E-state index in [1.165, 1.54) is 19.4 Å². The Morgan fingerprint density at radius 1 is 1.36 bits per heavy atom. The molecule has 118 valence electrons. The van der Waals surface area contributed by atoms with Crippen LogP contribution >= 0.6 is 56.1 Å². The quantitative estimate of drug-likeness (QED) is 0.640. The Hall–Kier alpha value is -0.550. The molecule has 2 aromatic rings. The number of halogens is 3. The van der Waals surface area contributed by atoms with Gasteiger partial charge in [-0.05, 0) is 44.0 Å². The number of thiol groups is 1. The predicted octanol–water partition coefficient (Wildman–Crippen LogP) is 3.75. The number of aromatic nitrogens is 2. The van der Waals surface area contributed by atoms with Crippen LogP contribution in [-0.2, 0) is 10.0 Å². The number of anilines is 1. The van der Waals surface area contributed by atoms with Gasteiger partial charge in [-0.3, -0.25) is 4.72 Å². The SMILES string of the molecule is COc1nc(Br)cnc1NS(=O)(=O)c1cc(Cl)cc(Br)c1S. The molecule has 11 heteroatoms. The number of rotatable bonds is 4. The Bertz CT molecular complexity index is 834. The van der Waals surface area contributed by atoms with Crippen molar-refractivity contribution >= 4 is 71.9 Å². The van der Waals surface area contributed by atoms with Gasteiger partial charge in [-0.1, -0.05) is 11.6 Å². The third kappa shape index (κ3) is 3.85. The van der Waals surface area contributed by atoms with Gasteiger partial charge in [0, 0.05) is 14.4 Å². The minimum Gasteiger partial charge on any atom is -0.478 e. The van der Waals surface area contributed by atoms with Gasteiger partial charge >= 0.3 is 0 Å². The van der Waals surface area contributed by atoms with Crippen LogP contribution in [0.4, 0.5) is 5.82 Å². The second-order valence-corrected chi connectivity index (χ2v) is 8.09. The molecule has 0 unspecified atom stereocenters. The molecule has 0 bridgehead atoms. The number of hydrogen-bond acceptors (Lipinski definition) is 6. The average Bonchev–Trinajstić information content (AvgIpc) is 2.44. The maximum Gasteiger partial charge on any atom is 0.264 e. The molecule has 0 aliphatic heterocycles. The highest BCUT2D eigenvalue weighted by Crippen LogP contribution is 2.33. The molecule has 2 rings (SSSR count). The predicted molar refractivity (Wildman–Crippen MR) is 93.5 cm³/mol. The number of nitrogens with zero attached hydrogens (tertiary/aromatic N) is 2. The molecule has 0 atom stereocenters. The van der Waals surface area contributed by atoms with Crippen molar-refractivity contribution in [2.45, 2.75) is 9.79 Å². The fourth-order valence-electron chi connectivity index (χ4n) is 1.49. The van der Waals surface area contributed by atoms with E-state index in [1.54, 1.807) is 6.07 Å². The second kappa shape index (κ2) is 6.91. The van der Waals surface area contributed by atoms with Crippen LogP contribution in [0.3, 0.4) is 0 Å². The first-order valence-electron chi connectivity index (χ1n) is 5.52. The molecule has 22 heavy (non-hydrogen) atoms. The van der Waals surface area contributed by atoms with E-state index in [0.29, 0.717) is 9.08 Å². The Balaban J connectivity index is 2.49. The standard InChI is InChI=1S/C11H8Br2ClN3O3S2/c1-20-11-10(15-4-8(13)16-11)17-22(18,19)7-3-5(14)2-6(12)9(7)21/h2-4,21H,1H3,(H,15,17). The summed E-state index contributed by atoms with van der Waals surface area (Å²) >= 11 is 16.4. The van der Waals surface area contributed by atoms with Gasteiger partial charge in [-0.15, -0.1) is 12.6 Å². The lowest BCUT2D eigenvalue weighted by molar-refractivity contribution is 0.397. The van der Waals surface area contributed by atoms with Crippen LogP contribution in [0.1, 0.15) is 0 Å². The summed E-state index contributed by atoms with van der Waals surface area (Å²) in [5.41, 5.74) is 0. The summed E-state index contributed by atoms with van der Waals surface area (Å²) in [5.74, 6) is -0.0192. The van der Waals surface area contributed by atoms with Gasteiger partial charge < -0.3 is 4.74 Å². The maximum atomic E-state index is 12.5. The van der Waals surface area contributed by atoms with Crippen molar-refractivity contribution in [2.24, 2.45) is 0 Å². The highest BCUT2D eigenvalue weighted by atomic mass is 79.9. The van der Waals surface area contributed by atoms with E-state index in [0.717, 1.165) is 0 Å². The molecule has 0 radical (unpaired) electrons. The van der Waals surface area contributed by atoms with E-state index in [2.05, 4.69) is 59.2 Å². The van der Waals surface area contributed by atoms with Crippen LogP contribution in [0.2, 0.25) is 5.02 Å². The summed E-state index contributed by atoms with van der Waals surface area (Å²) in [6.45, 7) is 0. The zero-order valence-electron chi connectivity index (χ0n) is 10.8. The van der Waals surface area contributed by atoms with E-state index < -0.39 is 10.0 Å². The first-order valence-corrected chi connectivity index (χ1v) is 9.41. The smallest absolute Gasteiger partial charge is 0.264 e. The topological polar surface area (TPSA) is 81.2 Å². The van der Waals surface area contributed by atoms with E-state index in [1.807, 2.05) is 0 Å². The number of methoxy groups -OCH3 is 1. The average molecular weight is 490 g/mol. The molecule has 0 spiro atoms. The Morgan fingerprint density at radius 2 is 2.05 bits per heavy atom. The minimum atomic E-state index is -3.97. The summed E-state index contributed by atoms with van der Waals surface area (Å²) in [7, 11) is -2.62. The van der Waals surface area contributed by atoms with Gasteiger partial charge in [0.25, 0.3) is 15.9 Å². The van der Waals surface area contributed by atoms with Gasteiger partial charge in [0.15, 0.2) is 0 Å². The molecule has 0 fully saturated rings. The van der Waals surface area contributed by atoms with Crippen molar-refractivity contribution in [1.82, 2.24) is 9.97 Å². The van der Waals surface area contributed by atoms with Gasteiger partial charge in [-0.2, -0.15) is 0 Å². The molecule has 0 aliphatic carbocycles. The lowest BCUT2D eigenvalue weighted by Gasteiger charge is -2.12. The highest BCUT2D eigenvalue weighted by Gasteiger charge is 2.23. The van der Waals surface area contributed by atoms with Crippen LogP contribution in [0.5, 0.6) is 5.88 Å². The molecule has 0 aliphatic rings. The van der Waals surface area contributed by atoms with Gasteiger partial charge in [0.2, 0.25) is 5.82 Å². The third-order valence-electron chi connectivity index (χ3n) is 2.42. The van der Waals surface area contributed by atoms with Crippen LogP contribution < -0.4 is 9.46 Å². The Labute approximate surface area is 154 Å². The molecule has 1 aromatic heterocycles. The maximum absolute atomic E-state index is 12.5. The molecular weight excluding hydrogens is 482 g/mol. The van der Waals surface area contributed by atoms with Crippen LogP contribution in [0.25, 0.3) is 0 Å². The van der Waals surface area contributed by atoms with Gasteiger partial charge in [-0.25, -0.2) is 18.4 Å². The van der Waals surface area contributed by atoms with Crippen molar-refractivity contribution in [2.75, 3.05) is 11.8 Å². The molecular formula is C11H8Br2ClN3O3S2. The zero-order chi connectivity index (χ0) is 16.5. The lowest BCUT2D eigenvalue weighted by atomic mass is 10.4. The van der Waals surface area contributed by atoms with E-state index in [9.17, 15) is 8.42 Å². The number of nitrogens with one attached hydrogen (secondary N) is 1. The second-order valence-electron chi connectivity index (χ2n) is 3.89. The van der Waals surface area contributed by atoms with Gasteiger partial charge in [0.05, 0.1) is 13.3 Å². The van der Waals surface area contributed by atoms with E-state index in [4.69, 9.17) is 16.3 Å². The van der Waals surface area contributed by atoms with Crippen LogP contribution in [0, 0.1) is 0 Å². The van der Waals surface area contributed by atoms with Crippen LogP contribution in [-0.4, -0.2) is 25.5 Å². The highest BCUT2D eigenvalue weighted by molar-refractivity contribution is 9.10. The lowest BCUT2D eigenvalue weighted by Crippen LogP contribution is -2.16. The fraction of sp³-hybridized carbons (Fsp3) is 0.0909. The van der Waals surface area contributed by atoms with Crippen molar-refractivity contribution in [3.05, 3.63) is 32.4 Å². The normalized spacial score (nSPS) is 11.3. The first kappa shape index (κ1) is 17.8. The number of hydrogen-bond donors (Lipinski definition) is 2. The van der Waals surface area contributed by atoms with Crippen molar-refractivity contribution < 1.29 is 13.2 Å². The molecule has 1 aromatic carbocycles. The molecule has 1 heterocycles. The van der Waals surface area contributed by atoms with Crippen LogP contribution in [0.15, 0.2) is 37.2 Å². The largest absolute Gasteiger partial charge is 0.478 e. The molecule has 1 N–H and O–H groups in total. The Kier molecular flexibility index (Phi) is 5.59. The van der Waals surface area contributed by atoms with Crippen molar-refractivity contribution in [3.8, 4) is 5.88 Å². The monoisotopic (exact) mass is 487 g/mol. The van der Waals surface area contributed by atoms with Gasteiger partial charge in [0.1, 0.15) is 9.50 Å². The first-order chi connectivity index (χ1) is 10.2. The minimum absolute atomic E-state index is 0.0276. The molecule has 0 saturated heterocycles.